The Hall–Kier alpha value is -2.14. The number of hydrogen-bond donors (Lipinski definition) is 0. The molecule has 2 rings (SSSR count). The molecule has 0 radical (unpaired) electrons. The van der Waals surface area contributed by atoms with Gasteiger partial charge in [0.1, 0.15) is 17.2 Å². The fourth-order valence-corrected chi connectivity index (χ4v) is 1.95. The first-order valence-corrected chi connectivity index (χ1v) is 6.77. The van der Waals surface area contributed by atoms with Crippen LogP contribution in [0.3, 0.4) is 0 Å². The number of rotatable bonds is 5. The van der Waals surface area contributed by atoms with Crippen molar-refractivity contribution < 1.29 is 14.3 Å². The predicted molar refractivity (Wildman–Crippen MR) is 79.2 cm³/mol. The third kappa shape index (κ3) is 3.70. The minimum absolute atomic E-state index is 0.0274. The van der Waals surface area contributed by atoms with E-state index in [2.05, 4.69) is 9.97 Å². The highest BCUT2D eigenvalue weighted by Gasteiger charge is 2.17. The molecular formula is C15H15ClN2O3. The summed E-state index contributed by atoms with van der Waals surface area (Å²) in [7, 11) is 1.50. The van der Waals surface area contributed by atoms with Gasteiger partial charge < -0.3 is 9.47 Å². The lowest BCUT2D eigenvalue weighted by atomic mass is 10.1. The van der Waals surface area contributed by atoms with Crippen LogP contribution < -0.4 is 9.47 Å². The maximum atomic E-state index is 12.4. The Bertz CT molecular complexity index is 659. The van der Waals surface area contributed by atoms with Crippen LogP contribution in [0.5, 0.6) is 11.5 Å². The normalized spacial score (nSPS) is 10.5. The standard InChI is InChI=1S/C15H15ClN2O3/c1-9(2)21-10-4-5-11(13(8-10)20-3)14(19)12-6-7-17-15(16)18-12/h4-9H,1-3H3. The van der Waals surface area contributed by atoms with E-state index in [0.29, 0.717) is 17.1 Å². The summed E-state index contributed by atoms with van der Waals surface area (Å²) < 4.78 is 10.8. The Morgan fingerprint density at radius 3 is 2.67 bits per heavy atom. The summed E-state index contributed by atoms with van der Waals surface area (Å²) in [5, 5.41) is 0.0274. The third-order valence-electron chi connectivity index (χ3n) is 2.65. The molecule has 2 aromatic rings. The quantitative estimate of drug-likeness (QED) is 0.627. The van der Waals surface area contributed by atoms with Gasteiger partial charge in [0.15, 0.2) is 0 Å². The predicted octanol–water partition coefficient (Wildman–Crippen LogP) is 3.16. The molecule has 21 heavy (non-hydrogen) atoms. The largest absolute Gasteiger partial charge is 0.496 e. The number of carbonyl (C=O) groups is 1. The number of hydrogen-bond acceptors (Lipinski definition) is 5. The van der Waals surface area contributed by atoms with E-state index in [9.17, 15) is 4.79 Å². The highest BCUT2D eigenvalue weighted by atomic mass is 35.5. The van der Waals surface area contributed by atoms with E-state index in [1.165, 1.54) is 19.4 Å². The first-order valence-electron chi connectivity index (χ1n) is 6.39. The minimum atomic E-state index is -0.285. The van der Waals surface area contributed by atoms with E-state index < -0.39 is 0 Å². The lowest BCUT2D eigenvalue weighted by Crippen LogP contribution is -2.09. The monoisotopic (exact) mass is 306 g/mol. The summed E-state index contributed by atoms with van der Waals surface area (Å²) in [4.78, 5) is 20.1. The number of nitrogens with zero attached hydrogens (tertiary/aromatic N) is 2. The molecule has 0 aliphatic rings. The molecule has 0 aliphatic heterocycles. The summed E-state index contributed by atoms with van der Waals surface area (Å²) in [5.41, 5.74) is 0.606. The number of benzene rings is 1. The van der Waals surface area contributed by atoms with Crippen LogP contribution in [0.25, 0.3) is 0 Å². The molecular weight excluding hydrogens is 292 g/mol. The first kappa shape index (κ1) is 15.3. The van der Waals surface area contributed by atoms with Crippen molar-refractivity contribution in [2.75, 3.05) is 7.11 Å². The van der Waals surface area contributed by atoms with Crippen molar-refractivity contribution in [1.29, 1.82) is 0 Å². The van der Waals surface area contributed by atoms with E-state index >= 15 is 0 Å². The molecule has 5 nitrogen and oxygen atoms in total. The van der Waals surface area contributed by atoms with Crippen molar-refractivity contribution in [2.24, 2.45) is 0 Å². The molecule has 0 saturated carbocycles. The van der Waals surface area contributed by atoms with Crippen LogP contribution in [0.4, 0.5) is 0 Å². The summed E-state index contributed by atoms with van der Waals surface area (Å²) >= 11 is 5.71. The molecule has 0 saturated heterocycles. The van der Waals surface area contributed by atoms with Crippen LogP contribution in [0, 0.1) is 0 Å². The van der Waals surface area contributed by atoms with Crippen molar-refractivity contribution in [3.8, 4) is 11.5 Å². The van der Waals surface area contributed by atoms with E-state index in [4.69, 9.17) is 21.1 Å². The van der Waals surface area contributed by atoms with E-state index in [0.717, 1.165) is 0 Å². The van der Waals surface area contributed by atoms with E-state index in [-0.39, 0.29) is 22.9 Å². The van der Waals surface area contributed by atoms with Crippen LogP contribution in [0.1, 0.15) is 29.9 Å². The molecule has 6 heteroatoms. The topological polar surface area (TPSA) is 61.3 Å². The minimum Gasteiger partial charge on any atom is -0.496 e. The molecule has 0 unspecified atom stereocenters. The number of methoxy groups -OCH3 is 1. The molecule has 0 amide bonds. The molecule has 0 aliphatic carbocycles. The van der Waals surface area contributed by atoms with Crippen LogP contribution in [-0.4, -0.2) is 29.0 Å². The Morgan fingerprint density at radius 2 is 2.05 bits per heavy atom. The van der Waals surface area contributed by atoms with Crippen LogP contribution in [-0.2, 0) is 0 Å². The summed E-state index contributed by atoms with van der Waals surface area (Å²) in [6, 6.07) is 6.55. The lowest BCUT2D eigenvalue weighted by Gasteiger charge is -2.13. The Labute approximate surface area is 127 Å². The summed E-state index contributed by atoms with van der Waals surface area (Å²) in [6.45, 7) is 3.85. The fourth-order valence-electron chi connectivity index (χ4n) is 1.80. The van der Waals surface area contributed by atoms with Gasteiger partial charge in [-0.05, 0) is 43.6 Å². The van der Waals surface area contributed by atoms with Gasteiger partial charge in [-0.2, -0.15) is 0 Å². The number of ketones is 1. The molecule has 0 bridgehead atoms. The second-order valence-electron chi connectivity index (χ2n) is 4.57. The maximum absolute atomic E-state index is 12.4. The highest BCUT2D eigenvalue weighted by Crippen LogP contribution is 2.27. The Balaban J connectivity index is 2.37. The van der Waals surface area contributed by atoms with Crippen molar-refractivity contribution in [1.82, 2.24) is 9.97 Å². The smallest absolute Gasteiger partial charge is 0.222 e. The molecule has 1 aromatic carbocycles. The van der Waals surface area contributed by atoms with Gasteiger partial charge in [-0.25, -0.2) is 9.97 Å². The average molecular weight is 307 g/mol. The van der Waals surface area contributed by atoms with Gasteiger partial charge in [-0.1, -0.05) is 0 Å². The number of halogens is 1. The van der Waals surface area contributed by atoms with Gasteiger partial charge >= 0.3 is 0 Å². The van der Waals surface area contributed by atoms with Gasteiger partial charge in [0, 0.05) is 12.3 Å². The van der Waals surface area contributed by atoms with Gasteiger partial charge in [0.05, 0.1) is 18.8 Å². The fraction of sp³-hybridized carbons (Fsp3) is 0.267. The van der Waals surface area contributed by atoms with Crippen molar-refractivity contribution in [3.63, 3.8) is 0 Å². The average Bonchev–Trinajstić information content (AvgIpc) is 2.45. The third-order valence-corrected chi connectivity index (χ3v) is 2.83. The molecule has 1 aromatic heterocycles. The molecule has 1 heterocycles. The van der Waals surface area contributed by atoms with E-state index in [1.807, 2.05) is 13.8 Å². The second kappa shape index (κ2) is 6.54. The lowest BCUT2D eigenvalue weighted by molar-refractivity contribution is 0.103. The number of carbonyl (C=O) groups excluding carboxylic acids is 1. The maximum Gasteiger partial charge on any atom is 0.222 e. The summed E-state index contributed by atoms with van der Waals surface area (Å²) in [5.74, 6) is 0.777. The van der Waals surface area contributed by atoms with Gasteiger partial charge in [-0.15, -0.1) is 0 Å². The van der Waals surface area contributed by atoms with Crippen LogP contribution >= 0.6 is 11.6 Å². The number of aromatic nitrogens is 2. The zero-order valence-corrected chi connectivity index (χ0v) is 12.7. The van der Waals surface area contributed by atoms with Crippen molar-refractivity contribution in [2.45, 2.75) is 20.0 Å². The molecule has 0 spiro atoms. The molecule has 0 atom stereocenters. The van der Waals surface area contributed by atoms with Gasteiger partial charge in [-0.3, -0.25) is 4.79 Å². The Morgan fingerprint density at radius 1 is 1.29 bits per heavy atom. The van der Waals surface area contributed by atoms with Crippen molar-refractivity contribution in [3.05, 3.63) is 47.0 Å². The SMILES string of the molecule is COc1cc(OC(C)C)ccc1C(=O)c1ccnc(Cl)n1. The van der Waals surface area contributed by atoms with Gasteiger partial charge in [0.25, 0.3) is 0 Å². The van der Waals surface area contributed by atoms with Gasteiger partial charge in [0.2, 0.25) is 11.1 Å². The zero-order chi connectivity index (χ0) is 15.4. The molecule has 110 valence electrons. The van der Waals surface area contributed by atoms with E-state index in [1.54, 1.807) is 18.2 Å². The molecule has 0 N–H and O–H groups in total. The highest BCUT2D eigenvalue weighted by molar-refractivity contribution is 6.28. The summed E-state index contributed by atoms with van der Waals surface area (Å²) in [6.07, 6.45) is 1.47. The molecule has 0 fully saturated rings. The van der Waals surface area contributed by atoms with Crippen LogP contribution in [0.2, 0.25) is 5.28 Å². The first-order chi connectivity index (χ1) is 10.0. The Kier molecular flexibility index (Phi) is 4.75. The number of ether oxygens (including phenoxy) is 2. The van der Waals surface area contributed by atoms with Crippen molar-refractivity contribution >= 4 is 17.4 Å². The second-order valence-corrected chi connectivity index (χ2v) is 4.91. The zero-order valence-electron chi connectivity index (χ0n) is 12.0. The van der Waals surface area contributed by atoms with Crippen LogP contribution in [0.15, 0.2) is 30.5 Å².